The van der Waals surface area contributed by atoms with Crippen molar-refractivity contribution in [3.63, 3.8) is 0 Å². The van der Waals surface area contributed by atoms with Crippen molar-refractivity contribution in [2.75, 3.05) is 0 Å². The molecular formula is C21H32O3. The predicted molar refractivity (Wildman–Crippen MR) is 91.3 cm³/mol. The van der Waals surface area contributed by atoms with Crippen molar-refractivity contribution < 1.29 is 14.3 Å². The predicted octanol–water partition coefficient (Wildman–Crippen LogP) is 4.34. The van der Waals surface area contributed by atoms with Gasteiger partial charge in [0.05, 0.1) is 12.2 Å². The molecular weight excluding hydrogens is 300 g/mol. The van der Waals surface area contributed by atoms with E-state index in [0.29, 0.717) is 17.6 Å². The molecule has 0 radical (unpaired) electrons. The molecule has 3 heteroatoms. The number of fused-ring (bicyclic) bond motifs is 7. The highest BCUT2D eigenvalue weighted by atomic mass is 16.6. The first kappa shape index (κ1) is 15.7. The van der Waals surface area contributed by atoms with E-state index < -0.39 is 0 Å². The summed E-state index contributed by atoms with van der Waals surface area (Å²) in [6.45, 7) is 6.58. The van der Waals surface area contributed by atoms with Crippen LogP contribution in [0.4, 0.5) is 0 Å². The van der Waals surface area contributed by atoms with Crippen molar-refractivity contribution in [2.24, 2.45) is 34.5 Å². The molecule has 5 aliphatic rings. The lowest BCUT2D eigenvalue weighted by Gasteiger charge is -2.59. The lowest BCUT2D eigenvalue weighted by Crippen LogP contribution is -2.55. The highest BCUT2D eigenvalue weighted by Crippen LogP contribution is 2.68. The number of epoxide rings is 1. The van der Waals surface area contributed by atoms with Crippen LogP contribution in [-0.2, 0) is 14.3 Å². The van der Waals surface area contributed by atoms with Gasteiger partial charge in [-0.2, -0.15) is 0 Å². The van der Waals surface area contributed by atoms with Crippen LogP contribution < -0.4 is 0 Å². The summed E-state index contributed by atoms with van der Waals surface area (Å²) in [7, 11) is 0. The van der Waals surface area contributed by atoms with Crippen LogP contribution >= 0.6 is 0 Å². The third-order valence-corrected chi connectivity index (χ3v) is 9.15. The van der Waals surface area contributed by atoms with E-state index in [0.717, 1.165) is 30.1 Å². The first-order valence-corrected chi connectivity index (χ1v) is 10.3. The van der Waals surface area contributed by atoms with Gasteiger partial charge in [-0.1, -0.05) is 13.8 Å². The quantitative estimate of drug-likeness (QED) is 0.530. The maximum atomic E-state index is 11.5. The van der Waals surface area contributed by atoms with Gasteiger partial charge >= 0.3 is 5.97 Å². The van der Waals surface area contributed by atoms with E-state index in [1.165, 1.54) is 44.9 Å². The summed E-state index contributed by atoms with van der Waals surface area (Å²) in [6, 6.07) is 0. The largest absolute Gasteiger partial charge is 0.462 e. The lowest BCUT2D eigenvalue weighted by molar-refractivity contribution is -0.160. The molecule has 1 heterocycles. The van der Waals surface area contributed by atoms with Crippen LogP contribution in [0.1, 0.15) is 72.1 Å². The molecule has 0 aromatic carbocycles. The van der Waals surface area contributed by atoms with Crippen LogP contribution in [0.3, 0.4) is 0 Å². The standard InChI is InChI=1S/C21H32O3/c1-12(22)23-18-7-6-14-13-4-5-16-19-17(24-19)9-11-20(16,2)15(13)8-10-21(14,18)3/h13-19H,4-11H2,1-3H3/t13-,14-,15-,16-,17+,18-,19-,20+,21-/m0/s1. The SMILES string of the molecule is CC(=O)O[C@H]1CC[C@H]2[C@@H]3CC[C@H]4[C@@H]5O[C@@H]5CC[C@]4(C)[C@H]3CC[C@]12C. The van der Waals surface area contributed by atoms with Gasteiger partial charge in [-0.15, -0.1) is 0 Å². The summed E-state index contributed by atoms with van der Waals surface area (Å²) in [6.07, 6.45) is 11.7. The van der Waals surface area contributed by atoms with E-state index in [2.05, 4.69) is 13.8 Å². The minimum Gasteiger partial charge on any atom is -0.462 e. The van der Waals surface area contributed by atoms with Crippen LogP contribution in [-0.4, -0.2) is 24.3 Å². The average molecular weight is 332 g/mol. The third kappa shape index (κ3) is 1.97. The topological polar surface area (TPSA) is 38.8 Å². The number of carbonyl (C=O) groups excluding carboxylic acids is 1. The zero-order valence-electron chi connectivity index (χ0n) is 15.4. The van der Waals surface area contributed by atoms with Gasteiger partial charge in [-0.05, 0) is 80.5 Å². The van der Waals surface area contributed by atoms with Gasteiger partial charge in [0.25, 0.3) is 0 Å². The summed E-state index contributed by atoms with van der Waals surface area (Å²) in [5.74, 6) is 3.20. The van der Waals surface area contributed by atoms with Gasteiger partial charge in [-0.25, -0.2) is 0 Å². The molecule has 4 saturated carbocycles. The Morgan fingerprint density at radius 3 is 2.42 bits per heavy atom. The van der Waals surface area contributed by atoms with Crippen molar-refractivity contribution in [3.05, 3.63) is 0 Å². The molecule has 5 rings (SSSR count). The summed E-state index contributed by atoms with van der Waals surface area (Å²) in [5.41, 5.74) is 0.727. The fraction of sp³-hybridized carbons (Fsp3) is 0.952. The molecule has 134 valence electrons. The molecule has 24 heavy (non-hydrogen) atoms. The lowest BCUT2D eigenvalue weighted by atomic mass is 9.45. The highest BCUT2D eigenvalue weighted by Gasteiger charge is 2.65. The minimum absolute atomic E-state index is 0.0936. The molecule has 0 unspecified atom stereocenters. The molecule has 1 saturated heterocycles. The number of esters is 1. The Morgan fingerprint density at radius 1 is 0.917 bits per heavy atom. The van der Waals surface area contributed by atoms with E-state index in [1.54, 1.807) is 6.92 Å². The van der Waals surface area contributed by atoms with E-state index in [9.17, 15) is 4.79 Å². The van der Waals surface area contributed by atoms with Gasteiger partial charge in [-0.3, -0.25) is 4.79 Å². The van der Waals surface area contributed by atoms with E-state index in [4.69, 9.17) is 9.47 Å². The molecule has 3 nitrogen and oxygen atoms in total. The molecule has 0 bridgehead atoms. The van der Waals surface area contributed by atoms with Gasteiger partial charge < -0.3 is 9.47 Å². The first-order chi connectivity index (χ1) is 11.4. The fourth-order valence-corrected chi connectivity index (χ4v) is 7.94. The number of rotatable bonds is 1. The maximum absolute atomic E-state index is 11.5. The minimum atomic E-state index is -0.0936. The molecule has 0 aromatic rings. The van der Waals surface area contributed by atoms with Gasteiger partial charge in [0.1, 0.15) is 6.10 Å². The van der Waals surface area contributed by atoms with Crippen molar-refractivity contribution in [3.8, 4) is 0 Å². The Labute approximate surface area is 145 Å². The molecule has 9 atom stereocenters. The third-order valence-electron chi connectivity index (χ3n) is 9.15. The first-order valence-electron chi connectivity index (χ1n) is 10.3. The number of carbonyl (C=O) groups is 1. The van der Waals surface area contributed by atoms with Crippen molar-refractivity contribution >= 4 is 5.97 Å². The van der Waals surface area contributed by atoms with Gasteiger partial charge in [0.2, 0.25) is 0 Å². The highest BCUT2D eigenvalue weighted by molar-refractivity contribution is 5.66. The van der Waals surface area contributed by atoms with Crippen LogP contribution in [0.25, 0.3) is 0 Å². The Morgan fingerprint density at radius 2 is 1.62 bits per heavy atom. The molecule has 0 amide bonds. The Balaban J connectivity index is 1.42. The van der Waals surface area contributed by atoms with Crippen molar-refractivity contribution in [1.82, 2.24) is 0 Å². The second-order valence-electron chi connectivity index (χ2n) is 9.96. The maximum Gasteiger partial charge on any atom is 0.302 e. The molecule has 5 fully saturated rings. The second kappa shape index (κ2) is 4.99. The second-order valence-corrected chi connectivity index (χ2v) is 9.96. The van der Waals surface area contributed by atoms with Crippen LogP contribution in [0.2, 0.25) is 0 Å². The molecule has 0 N–H and O–H groups in total. The summed E-state index contributed by atoms with van der Waals surface area (Å²) in [5, 5.41) is 0. The average Bonchev–Trinajstić information content (AvgIpc) is 3.24. The van der Waals surface area contributed by atoms with Crippen molar-refractivity contribution in [1.29, 1.82) is 0 Å². The number of ether oxygens (including phenoxy) is 2. The summed E-state index contributed by atoms with van der Waals surface area (Å²) >= 11 is 0. The zero-order valence-corrected chi connectivity index (χ0v) is 15.4. The van der Waals surface area contributed by atoms with Crippen LogP contribution in [0.5, 0.6) is 0 Å². The van der Waals surface area contributed by atoms with Crippen LogP contribution in [0.15, 0.2) is 0 Å². The van der Waals surface area contributed by atoms with Crippen LogP contribution in [0, 0.1) is 34.5 Å². The molecule has 0 aromatic heterocycles. The van der Waals surface area contributed by atoms with Gasteiger partial charge in [0, 0.05) is 12.3 Å². The Kier molecular flexibility index (Phi) is 3.26. The number of hydrogen-bond acceptors (Lipinski definition) is 3. The van der Waals surface area contributed by atoms with E-state index >= 15 is 0 Å². The summed E-state index contributed by atoms with van der Waals surface area (Å²) < 4.78 is 11.8. The smallest absolute Gasteiger partial charge is 0.302 e. The van der Waals surface area contributed by atoms with E-state index in [-0.39, 0.29) is 17.5 Å². The van der Waals surface area contributed by atoms with Crippen molar-refractivity contribution in [2.45, 2.75) is 90.4 Å². The number of hydrogen-bond donors (Lipinski definition) is 0. The fourth-order valence-electron chi connectivity index (χ4n) is 7.94. The molecule has 4 aliphatic carbocycles. The molecule has 1 aliphatic heterocycles. The van der Waals surface area contributed by atoms with Gasteiger partial charge in [0.15, 0.2) is 0 Å². The molecule has 0 spiro atoms. The van der Waals surface area contributed by atoms with E-state index in [1.807, 2.05) is 0 Å². The zero-order chi connectivity index (χ0) is 16.7. The Hall–Kier alpha value is -0.570. The summed E-state index contributed by atoms with van der Waals surface area (Å²) in [4.78, 5) is 11.5. The Bertz CT molecular complexity index is 559. The normalized spacial score (nSPS) is 58.0. The monoisotopic (exact) mass is 332 g/mol.